The third kappa shape index (κ3) is 5.53. The van der Waals surface area contributed by atoms with E-state index in [2.05, 4.69) is 30.1 Å². The summed E-state index contributed by atoms with van der Waals surface area (Å²) in [5, 5.41) is 2.91. The lowest BCUT2D eigenvalue weighted by atomic mass is 9.89. The van der Waals surface area contributed by atoms with E-state index in [-0.39, 0.29) is 36.7 Å². The zero-order chi connectivity index (χ0) is 21.8. The van der Waals surface area contributed by atoms with Gasteiger partial charge >= 0.3 is 0 Å². The minimum Gasteiger partial charge on any atom is -0.372 e. The van der Waals surface area contributed by atoms with E-state index >= 15 is 0 Å². The van der Waals surface area contributed by atoms with Crippen molar-refractivity contribution in [1.29, 1.82) is 0 Å². The Morgan fingerprint density at radius 3 is 2.32 bits per heavy atom. The van der Waals surface area contributed by atoms with Crippen LogP contribution in [0.3, 0.4) is 0 Å². The van der Waals surface area contributed by atoms with E-state index in [1.165, 1.54) is 24.0 Å². The van der Waals surface area contributed by atoms with Crippen LogP contribution in [0, 0.1) is 0 Å². The molecule has 1 aliphatic carbocycles. The minimum atomic E-state index is -0.132. The molecule has 0 bridgehead atoms. The average molecular weight is 421 g/mol. The summed E-state index contributed by atoms with van der Waals surface area (Å²) >= 11 is 0. The molecule has 2 aromatic carbocycles. The number of ether oxygens (including phenoxy) is 1. The van der Waals surface area contributed by atoms with Crippen molar-refractivity contribution in [3.63, 3.8) is 0 Å². The highest BCUT2D eigenvalue weighted by atomic mass is 16.5. The number of anilines is 2. The van der Waals surface area contributed by atoms with Crippen molar-refractivity contribution in [2.45, 2.75) is 64.6 Å². The Morgan fingerprint density at radius 2 is 1.61 bits per heavy atom. The van der Waals surface area contributed by atoms with Crippen molar-refractivity contribution < 1.29 is 14.3 Å². The van der Waals surface area contributed by atoms with Gasteiger partial charge in [0.25, 0.3) is 0 Å². The van der Waals surface area contributed by atoms with Crippen LogP contribution in [0.1, 0.15) is 61.0 Å². The number of ketones is 1. The molecule has 0 radical (unpaired) electrons. The molecule has 5 heteroatoms. The van der Waals surface area contributed by atoms with Crippen LogP contribution in [0.25, 0.3) is 0 Å². The zero-order valence-corrected chi connectivity index (χ0v) is 18.5. The molecule has 2 aromatic rings. The molecule has 1 heterocycles. The van der Waals surface area contributed by atoms with Crippen LogP contribution in [-0.4, -0.2) is 37.0 Å². The molecule has 31 heavy (non-hydrogen) atoms. The summed E-state index contributed by atoms with van der Waals surface area (Å²) in [6.45, 7) is 5.90. The van der Waals surface area contributed by atoms with E-state index in [1.54, 1.807) is 0 Å². The summed E-state index contributed by atoms with van der Waals surface area (Å²) in [6, 6.07) is 13.9. The van der Waals surface area contributed by atoms with Crippen LogP contribution in [0.15, 0.2) is 42.5 Å². The van der Waals surface area contributed by atoms with Gasteiger partial charge < -0.3 is 15.0 Å². The van der Waals surface area contributed by atoms with Crippen molar-refractivity contribution >= 4 is 23.1 Å². The zero-order valence-electron chi connectivity index (χ0n) is 18.5. The highest BCUT2D eigenvalue weighted by molar-refractivity contribution is 6.00. The van der Waals surface area contributed by atoms with Gasteiger partial charge in [-0.25, -0.2) is 0 Å². The average Bonchev–Trinajstić information content (AvgIpc) is 2.77. The number of hydrogen-bond donors (Lipinski definition) is 1. The number of benzene rings is 2. The quantitative estimate of drug-likeness (QED) is 0.683. The Kier molecular flexibility index (Phi) is 6.71. The number of carbonyl (C=O) groups is 2. The van der Waals surface area contributed by atoms with E-state index in [0.717, 1.165) is 42.9 Å². The van der Waals surface area contributed by atoms with Gasteiger partial charge in [-0.3, -0.25) is 9.59 Å². The van der Waals surface area contributed by atoms with Crippen molar-refractivity contribution in [2.75, 3.05) is 23.3 Å². The number of morpholine rings is 1. The van der Waals surface area contributed by atoms with Crippen molar-refractivity contribution in [3.8, 4) is 0 Å². The molecule has 0 spiro atoms. The molecular weight excluding hydrogens is 388 g/mol. The fraction of sp³-hybridized carbons (Fsp3) is 0.462. The molecule has 1 aliphatic heterocycles. The molecule has 2 aliphatic rings. The number of aryl methyl sites for hydroxylation is 2. The molecule has 4 rings (SSSR count). The van der Waals surface area contributed by atoms with Crippen LogP contribution < -0.4 is 10.2 Å². The number of Topliss-reactive ketones (excluding diaryl/α,β-unsaturated/α-hetero) is 1. The first-order valence-corrected chi connectivity index (χ1v) is 11.4. The maximum absolute atomic E-state index is 12.6. The number of nitrogens with one attached hydrogen (secondary N) is 1. The highest BCUT2D eigenvalue weighted by Gasteiger charge is 2.22. The molecule has 5 nitrogen and oxygen atoms in total. The van der Waals surface area contributed by atoms with Gasteiger partial charge in [-0.05, 0) is 81.0 Å². The number of rotatable bonds is 6. The lowest BCUT2D eigenvalue weighted by molar-refractivity contribution is -0.116. The smallest absolute Gasteiger partial charge is 0.224 e. The predicted octanol–water partition coefficient (Wildman–Crippen LogP) is 4.78. The molecule has 0 saturated carbocycles. The van der Waals surface area contributed by atoms with Gasteiger partial charge in [-0.15, -0.1) is 0 Å². The fourth-order valence-corrected chi connectivity index (χ4v) is 4.65. The second-order valence-corrected chi connectivity index (χ2v) is 8.87. The van der Waals surface area contributed by atoms with Gasteiger partial charge in [0.1, 0.15) is 0 Å². The first-order chi connectivity index (χ1) is 15.0. The van der Waals surface area contributed by atoms with E-state index < -0.39 is 0 Å². The summed E-state index contributed by atoms with van der Waals surface area (Å²) in [7, 11) is 0. The highest BCUT2D eigenvalue weighted by Crippen LogP contribution is 2.24. The van der Waals surface area contributed by atoms with E-state index in [4.69, 9.17) is 4.74 Å². The Labute approximate surface area is 184 Å². The number of fused-ring (bicyclic) bond motifs is 1. The van der Waals surface area contributed by atoms with Crippen molar-refractivity contribution in [1.82, 2.24) is 0 Å². The largest absolute Gasteiger partial charge is 0.372 e. The molecule has 1 saturated heterocycles. The van der Waals surface area contributed by atoms with Gasteiger partial charge in [0.15, 0.2) is 5.78 Å². The van der Waals surface area contributed by atoms with Crippen LogP contribution in [0.2, 0.25) is 0 Å². The van der Waals surface area contributed by atoms with Crippen molar-refractivity contribution in [2.24, 2.45) is 0 Å². The SMILES string of the molecule is CC1CN(c2ccc(NC(=O)CCC(=O)c3ccc4c(c3)CCCC4)cc2)CC(C)O1. The maximum Gasteiger partial charge on any atom is 0.224 e. The number of nitrogens with zero attached hydrogens (tertiary/aromatic N) is 1. The van der Waals surface area contributed by atoms with Crippen molar-refractivity contribution in [3.05, 3.63) is 59.2 Å². The Balaban J connectivity index is 1.28. The summed E-state index contributed by atoms with van der Waals surface area (Å²) in [5.41, 5.74) is 5.27. The molecule has 2 atom stereocenters. The monoisotopic (exact) mass is 420 g/mol. The van der Waals surface area contributed by atoms with Crippen LogP contribution >= 0.6 is 0 Å². The first kappa shape index (κ1) is 21.6. The van der Waals surface area contributed by atoms with Crippen LogP contribution in [0.4, 0.5) is 11.4 Å². The first-order valence-electron chi connectivity index (χ1n) is 11.4. The molecule has 1 fully saturated rings. The third-order valence-electron chi connectivity index (χ3n) is 6.19. The molecular formula is C26H32N2O3. The van der Waals surface area contributed by atoms with Gasteiger partial charge in [0.05, 0.1) is 12.2 Å². The lowest BCUT2D eigenvalue weighted by Crippen LogP contribution is -2.45. The lowest BCUT2D eigenvalue weighted by Gasteiger charge is -2.36. The predicted molar refractivity (Wildman–Crippen MR) is 124 cm³/mol. The molecule has 0 aromatic heterocycles. The Hall–Kier alpha value is -2.66. The van der Waals surface area contributed by atoms with Gasteiger partial charge in [-0.1, -0.05) is 12.1 Å². The van der Waals surface area contributed by atoms with E-state index in [1.807, 2.05) is 36.4 Å². The summed E-state index contributed by atoms with van der Waals surface area (Å²) in [4.78, 5) is 27.2. The third-order valence-corrected chi connectivity index (χ3v) is 6.19. The number of hydrogen-bond acceptors (Lipinski definition) is 4. The minimum absolute atomic E-state index is 0.0365. The summed E-state index contributed by atoms with van der Waals surface area (Å²) in [6.07, 6.45) is 5.40. The van der Waals surface area contributed by atoms with E-state index in [9.17, 15) is 9.59 Å². The second kappa shape index (κ2) is 9.65. The summed E-state index contributed by atoms with van der Waals surface area (Å²) in [5.74, 6) is -0.0953. The van der Waals surface area contributed by atoms with Gasteiger partial charge in [0.2, 0.25) is 5.91 Å². The topological polar surface area (TPSA) is 58.6 Å². The van der Waals surface area contributed by atoms with Gasteiger partial charge in [-0.2, -0.15) is 0 Å². The van der Waals surface area contributed by atoms with Crippen LogP contribution in [0.5, 0.6) is 0 Å². The second-order valence-electron chi connectivity index (χ2n) is 8.87. The number of carbonyl (C=O) groups excluding carboxylic acids is 2. The molecule has 164 valence electrons. The van der Waals surface area contributed by atoms with Crippen LogP contribution in [-0.2, 0) is 22.4 Å². The molecule has 2 unspecified atom stereocenters. The normalized spacial score (nSPS) is 20.8. The molecule has 1 amide bonds. The molecule has 1 N–H and O–H groups in total. The fourth-order valence-electron chi connectivity index (χ4n) is 4.65. The Morgan fingerprint density at radius 1 is 0.935 bits per heavy atom. The number of amides is 1. The van der Waals surface area contributed by atoms with Gasteiger partial charge in [0, 0.05) is 42.9 Å². The maximum atomic E-state index is 12.6. The van der Waals surface area contributed by atoms with E-state index in [0.29, 0.717) is 0 Å². The standard InChI is InChI=1S/C26H32N2O3/c1-18-16-28(17-19(2)31-18)24-11-9-23(10-12-24)27-26(30)14-13-25(29)22-8-7-20-5-3-4-6-21(20)15-22/h7-12,15,18-19H,3-6,13-14,16-17H2,1-2H3,(H,27,30). The Bertz CT molecular complexity index is 928. The summed E-state index contributed by atoms with van der Waals surface area (Å²) < 4.78 is 5.79.